The van der Waals surface area contributed by atoms with Crippen LogP contribution in [-0.4, -0.2) is 40.8 Å². The maximum absolute atomic E-state index is 10.8. The minimum absolute atomic E-state index is 0.695. The zero-order valence-electron chi connectivity index (χ0n) is 7.82. The van der Waals surface area contributed by atoms with Crippen molar-refractivity contribution in [2.75, 3.05) is 13.7 Å². The summed E-state index contributed by atoms with van der Waals surface area (Å²) in [6, 6.07) is 0. The summed E-state index contributed by atoms with van der Waals surface area (Å²) in [6.45, 7) is -0.705. The van der Waals surface area contributed by atoms with Crippen molar-refractivity contribution in [2.45, 2.75) is 6.42 Å². The van der Waals surface area contributed by atoms with Gasteiger partial charge in [-0.25, -0.2) is 4.57 Å². The summed E-state index contributed by atoms with van der Waals surface area (Å²) >= 11 is 0. The highest BCUT2D eigenvalue weighted by atomic mass is 31.2. The van der Waals surface area contributed by atoms with Crippen LogP contribution in [0.3, 0.4) is 0 Å². The molecule has 0 amide bonds. The van der Waals surface area contributed by atoms with E-state index < -0.39 is 38.7 Å². The molecule has 0 bridgehead atoms. The molecular formula is C6H11O8P. The Bertz CT molecular complexity index is 287. The topological polar surface area (TPSA) is 130 Å². The van der Waals surface area contributed by atoms with Gasteiger partial charge < -0.3 is 15.1 Å². The molecule has 0 aromatic rings. The molecule has 0 aliphatic heterocycles. The maximum atomic E-state index is 10.8. The number of aliphatic carboxylic acids is 2. The number of carbonyl (C=O) groups is 2. The van der Waals surface area contributed by atoms with Crippen molar-refractivity contribution in [1.82, 2.24) is 0 Å². The Kier molecular flexibility index (Phi) is 5.45. The molecule has 0 aliphatic rings. The van der Waals surface area contributed by atoms with E-state index in [4.69, 9.17) is 15.1 Å². The van der Waals surface area contributed by atoms with Gasteiger partial charge >= 0.3 is 19.8 Å². The van der Waals surface area contributed by atoms with Crippen molar-refractivity contribution >= 4 is 19.8 Å². The van der Waals surface area contributed by atoms with Crippen molar-refractivity contribution in [3.8, 4) is 0 Å². The van der Waals surface area contributed by atoms with Gasteiger partial charge in [-0.15, -0.1) is 0 Å². The molecule has 88 valence electrons. The van der Waals surface area contributed by atoms with E-state index in [1.165, 1.54) is 0 Å². The summed E-state index contributed by atoms with van der Waals surface area (Å²) in [5.74, 6) is -4.15. The van der Waals surface area contributed by atoms with Crippen molar-refractivity contribution in [2.24, 2.45) is 5.92 Å². The van der Waals surface area contributed by atoms with Crippen LogP contribution in [0, 0.1) is 5.92 Å². The Morgan fingerprint density at radius 2 is 1.93 bits per heavy atom. The number of phosphoric ester groups is 1. The SMILES string of the molecule is COP(=O)(O)OCC(CC(=O)O)C(=O)O. The van der Waals surface area contributed by atoms with Crippen LogP contribution in [0.2, 0.25) is 0 Å². The molecular weight excluding hydrogens is 231 g/mol. The summed E-state index contributed by atoms with van der Waals surface area (Å²) in [5.41, 5.74) is 0. The van der Waals surface area contributed by atoms with E-state index >= 15 is 0 Å². The van der Waals surface area contributed by atoms with Gasteiger partial charge in [0.15, 0.2) is 0 Å². The standard InChI is InChI=1S/C6H11O8P/c1-13-15(11,12)14-3-4(6(9)10)2-5(7)8/h4H,2-3H2,1H3,(H,7,8)(H,9,10)(H,11,12). The largest absolute Gasteiger partial charge is 0.481 e. The van der Waals surface area contributed by atoms with Gasteiger partial charge in [-0.2, -0.15) is 0 Å². The Labute approximate surface area is 85.0 Å². The van der Waals surface area contributed by atoms with Gasteiger partial charge in [0.2, 0.25) is 0 Å². The van der Waals surface area contributed by atoms with E-state index in [2.05, 4.69) is 9.05 Å². The van der Waals surface area contributed by atoms with Gasteiger partial charge in [0.25, 0.3) is 0 Å². The third-order valence-electron chi connectivity index (χ3n) is 1.44. The summed E-state index contributed by atoms with van der Waals surface area (Å²) < 4.78 is 19.0. The van der Waals surface area contributed by atoms with Crippen LogP contribution in [0.15, 0.2) is 0 Å². The highest BCUT2D eigenvalue weighted by Crippen LogP contribution is 2.42. The maximum Gasteiger partial charge on any atom is 0.471 e. The normalized spacial score (nSPS) is 16.7. The number of hydrogen-bond acceptors (Lipinski definition) is 5. The average molecular weight is 242 g/mol. The summed E-state index contributed by atoms with van der Waals surface area (Å²) in [4.78, 5) is 29.5. The third-order valence-corrected chi connectivity index (χ3v) is 2.38. The second-order valence-corrected chi connectivity index (χ2v) is 4.14. The van der Waals surface area contributed by atoms with Crippen LogP contribution in [0.1, 0.15) is 6.42 Å². The quantitative estimate of drug-likeness (QED) is 0.528. The molecule has 9 heteroatoms. The first-order valence-corrected chi connectivity index (χ1v) is 5.25. The lowest BCUT2D eigenvalue weighted by Crippen LogP contribution is -2.22. The number of hydrogen-bond donors (Lipinski definition) is 3. The van der Waals surface area contributed by atoms with Crippen LogP contribution in [0.4, 0.5) is 0 Å². The van der Waals surface area contributed by atoms with Gasteiger partial charge in [0.05, 0.1) is 18.9 Å². The fourth-order valence-electron chi connectivity index (χ4n) is 0.665. The Morgan fingerprint density at radius 3 is 2.27 bits per heavy atom. The molecule has 0 aromatic carbocycles. The first-order chi connectivity index (χ1) is 6.78. The number of rotatable bonds is 7. The lowest BCUT2D eigenvalue weighted by atomic mass is 10.1. The predicted octanol–water partition coefficient (Wildman–Crippen LogP) is -0.0747. The Balaban J connectivity index is 4.25. The average Bonchev–Trinajstić information content (AvgIpc) is 2.11. The van der Waals surface area contributed by atoms with Crippen molar-refractivity contribution in [3.63, 3.8) is 0 Å². The van der Waals surface area contributed by atoms with Crippen LogP contribution < -0.4 is 0 Å². The molecule has 0 saturated heterocycles. The van der Waals surface area contributed by atoms with E-state index in [9.17, 15) is 14.2 Å². The molecule has 0 radical (unpaired) electrons. The minimum Gasteiger partial charge on any atom is -0.481 e. The second-order valence-electron chi connectivity index (χ2n) is 2.58. The van der Waals surface area contributed by atoms with Gasteiger partial charge in [0, 0.05) is 7.11 Å². The number of carboxylic acid groups (broad SMARTS) is 2. The fraction of sp³-hybridized carbons (Fsp3) is 0.667. The van der Waals surface area contributed by atoms with Crippen molar-refractivity contribution < 1.29 is 38.3 Å². The van der Waals surface area contributed by atoms with Gasteiger partial charge in [-0.3, -0.25) is 18.6 Å². The molecule has 0 heterocycles. The minimum atomic E-state index is -4.27. The molecule has 0 saturated carbocycles. The predicted molar refractivity (Wildman–Crippen MR) is 46.2 cm³/mol. The van der Waals surface area contributed by atoms with Crippen LogP contribution in [0.5, 0.6) is 0 Å². The highest BCUT2D eigenvalue weighted by Gasteiger charge is 2.26. The van der Waals surface area contributed by atoms with Gasteiger partial charge in [-0.1, -0.05) is 0 Å². The lowest BCUT2D eigenvalue weighted by molar-refractivity contribution is -0.149. The summed E-state index contributed by atoms with van der Waals surface area (Å²) in [7, 11) is -3.36. The van der Waals surface area contributed by atoms with Crippen LogP contribution >= 0.6 is 7.82 Å². The van der Waals surface area contributed by atoms with Gasteiger partial charge in [0.1, 0.15) is 0 Å². The molecule has 15 heavy (non-hydrogen) atoms. The smallest absolute Gasteiger partial charge is 0.471 e. The van der Waals surface area contributed by atoms with Crippen molar-refractivity contribution in [1.29, 1.82) is 0 Å². The lowest BCUT2D eigenvalue weighted by Gasteiger charge is -2.12. The highest BCUT2D eigenvalue weighted by molar-refractivity contribution is 7.47. The molecule has 0 aliphatic carbocycles. The van der Waals surface area contributed by atoms with Crippen molar-refractivity contribution in [3.05, 3.63) is 0 Å². The molecule has 0 spiro atoms. The summed E-state index contributed by atoms with van der Waals surface area (Å²) in [6.07, 6.45) is -0.695. The molecule has 8 nitrogen and oxygen atoms in total. The molecule has 2 atom stereocenters. The third kappa shape index (κ3) is 6.19. The molecule has 2 unspecified atom stereocenters. The Hall–Kier alpha value is -0.950. The fourth-order valence-corrected chi connectivity index (χ4v) is 1.14. The second kappa shape index (κ2) is 5.82. The van der Waals surface area contributed by atoms with E-state index in [0.717, 1.165) is 7.11 Å². The van der Waals surface area contributed by atoms with Crippen LogP contribution in [0.25, 0.3) is 0 Å². The van der Waals surface area contributed by atoms with E-state index in [1.54, 1.807) is 0 Å². The van der Waals surface area contributed by atoms with Crippen LogP contribution in [-0.2, 0) is 23.2 Å². The van der Waals surface area contributed by atoms with E-state index in [1.807, 2.05) is 0 Å². The monoisotopic (exact) mass is 242 g/mol. The Morgan fingerprint density at radius 1 is 1.40 bits per heavy atom. The zero-order chi connectivity index (χ0) is 12.1. The first kappa shape index (κ1) is 14.1. The molecule has 0 rings (SSSR count). The molecule has 0 fully saturated rings. The van der Waals surface area contributed by atoms with E-state index in [0.29, 0.717) is 0 Å². The zero-order valence-corrected chi connectivity index (χ0v) is 8.72. The molecule has 0 aromatic heterocycles. The number of phosphoric acid groups is 1. The number of carboxylic acids is 2. The van der Waals surface area contributed by atoms with Gasteiger partial charge in [-0.05, 0) is 0 Å². The van der Waals surface area contributed by atoms with E-state index in [-0.39, 0.29) is 0 Å². The summed E-state index contributed by atoms with van der Waals surface area (Å²) in [5, 5.41) is 16.9. The first-order valence-electron chi connectivity index (χ1n) is 3.76. The molecule has 3 N–H and O–H groups in total.